The predicted molar refractivity (Wildman–Crippen MR) is 130 cm³/mol. The summed E-state index contributed by atoms with van der Waals surface area (Å²) < 4.78 is 31.6. The molecule has 31 heavy (non-hydrogen) atoms. The smallest absolute Gasteiger partial charge is 0.294 e. The summed E-state index contributed by atoms with van der Waals surface area (Å²) in [7, 11) is -4.18. The molecule has 0 bridgehead atoms. The molecule has 0 aliphatic heterocycles. The first-order valence-electron chi connectivity index (χ1n) is 12.0. The number of hydrogen-bond acceptors (Lipinski definition) is 3. The molecule has 1 heterocycles. The third-order valence-corrected chi connectivity index (χ3v) is 6.67. The second kappa shape index (κ2) is 16.2. The fourth-order valence-corrected chi connectivity index (χ4v) is 4.48. The summed E-state index contributed by atoms with van der Waals surface area (Å²) in [5, 5.41) is 0. The van der Waals surface area contributed by atoms with Gasteiger partial charge in [0.1, 0.15) is 5.82 Å². The molecule has 0 aliphatic carbocycles. The number of imidazole rings is 1. The summed E-state index contributed by atoms with van der Waals surface area (Å²) in [4.78, 5) is 7.58. The van der Waals surface area contributed by atoms with Gasteiger partial charge in [-0.1, -0.05) is 96.8 Å². The molecule has 0 atom stereocenters. The maximum Gasteiger partial charge on any atom is 0.294 e. The van der Waals surface area contributed by atoms with E-state index in [0.29, 0.717) is 5.52 Å². The van der Waals surface area contributed by atoms with Gasteiger partial charge in [-0.2, -0.15) is 8.42 Å². The molecule has 0 saturated heterocycles. The van der Waals surface area contributed by atoms with Crippen LogP contribution < -0.4 is 0 Å². The Kier molecular flexibility index (Phi) is 15.0. The van der Waals surface area contributed by atoms with E-state index in [9.17, 15) is 8.42 Å². The van der Waals surface area contributed by atoms with Crippen molar-refractivity contribution in [3.63, 3.8) is 0 Å². The second-order valence-corrected chi connectivity index (χ2v) is 9.96. The maximum atomic E-state index is 11.2. The first-order valence-corrected chi connectivity index (χ1v) is 13.4. The van der Waals surface area contributed by atoms with Crippen molar-refractivity contribution < 1.29 is 13.0 Å². The van der Waals surface area contributed by atoms with Crippen LogP contribution in [0.3, 0.4) is 0 Å². The standard InChI is InChI=1S/C24H40N2O3S.Na/c1-2-3-4-5-6-7-8-9-10-11-12-13-14-15-16-17-24-25-22-19-18-21(30(27,28)29)20-23(22)26-24;/h18-20H,2-17H2,1H3,(H,25,26)(H,27,28,29);. The fourth-order valence-electron chi connectivity index (χ4n) is 3.98. The van der Waals surface area contributed by atoms with Gasteiger partial charge in [0.2, 0.25) is 0 Å². The fraction of sp³-hybridized carbons (Fsp3) is 0.708. The van der Waals surface area contributed by atoms with E-state index in [1.54, 1.807) is 6.07 Å². The molecule has 0 unspecified atom stereocenters. The van der Waals surface area contributed by atoms with E-state index < -0.39 is 10.1 Å². The van der Waals surface area contributed by atoms with E-state index >= 15 is 0 Å². The third kappa shape index (κ3) is 11.9. The van der Waals surface area contributed by atoms with Crippen molar-refractivity contribution >= 4 is 50.7 Å². The van der Waals surface area contributed by atoms with Crippen molar-refractivity contribution in [2.24, 2.45) is 0 Å². The number of rotatable bonds is 17. The Labute approximate surface area is 211 Å². The predicted octanol–water partition coefficient (Wildman–Crippen LogP) is 6.84. The average molecular weight is 460 g/mol. The van der Waals surface area contributed by atoms with Crippen LogP contribution in [-0.2, 0) is 16.5 Å². The summed E-state index contributed by atoms with van der Waals surface area (Å²) in [5.41, 5.74) is 1.39. The van der Waals surface area contributed by atoms with Crippen molar-refractivity contribution in [3.05, 3.63) is 24.0 Å². The van der Waals surface area contributed by atoms with Gasteiger partial charge in [-0.3, -0.25) is 4.55 Å². The van der Waals surface area contributed by atoms with Gasteiger partial charge in [-0.15, -0.1) is 0 Å². The Bertz CT molecular complexity index is 836. The van der Waals surface area contributed by atoms with E-state index in [0.717, 1.165) is 24.2 Å². The van der Waals surface area contributed by atoms with Crippen molar-refractivity contribution in [2.75, 3.05) is 0 Å². The number of nitrogens with one attached hydrogen (secondary N) is 1. The van der Waals surface area contributed by atoms with Crippen molar-refractivity contribution in [2.45, 2.75) is 115 Å². The molecule has 1 aromatic carbocycles. The van der Waals surface area contributed by atoms with Gasteiger partial charge in [-0.05, 0) is 24.6 Å². The molecule has 2 aromatic rings. The third-order valence-electron chi connectivity index (χ3n) is 5.82. The van der Waals surface area contributed by atoms with Crippen molar-refractivity contribution in [1.29, 1.82) is 0 Å². The van der Waals surface area contributed by atoms with Gasteiger partial charge >= 0.3 is 0 Å². The van der Waals surface area contributed by atoms with E-state index in [-0.39, 0.29) is 34.5 Å². The minimum Gasteiger partial charge on any atom is -0.342 e. The van der Waals surface area contributed by atoms with Crippen LogP contribution in [-0.4, -0.2) is 52.5 Å². The normalized spacial score (nSPS) is 11.7. The van der Waals surface area contributed by atoms with Gasteiger partial charge in [-0.25, -0.2) is 4.98 Å². The van der Waals surface area contributed by atoms with Crippen molar-refractivity contribution in [1.82, 2.24) is 9.97 Å². The molecule has 0 aliphatic rings. The number of hydrogen-bond donors (Lipinski definition) is 2. The number of aryl methyl sites for hydroxylation is 1. The van der Waals surface area contributed by atoms with Crippen LogP contribution in [0, 0.1) is 0 Å². The molecular formula is C24H40N2NaO3S. The molecule has 171 valence electrons. The van der Waals surface area contributed by atoms with Crippen LogP contribution in [0.1, 0.15) is 109 Å². The molecule has 7 heteroatoms. The Morgan fingerprint density at radius 2 is 1.29 bits per heavy atom. The molecule has 0 amide bonds. The minimum absolute atomic E-state index is 0. The minimum atomic E-state index is -4.18. The number of aromatic nitrogens is 2. The zero-order chi connectivity index (χ0) is 21.7. The maximum absolute atomic E-state index is 11.2. The molecule has 5 nitrogen and oxygen atoms in total. The molecule has 2 N–H and O–H groups in total. The number of fused-ring (bicyclic) bond motifs is 1. The van der Waals surface area contributed by atoms with E-state index in [4.69, 9.17) is 4.55 Å². The molecule has 0 saturated carbocycles. The average Bonchev–Trinajstić information content (AvgIpc) is 3.12. The van der Waals surface area contributed by atoms with Crippen molar-refractivity contribution in [3.8, 4) is 0 Å². The van der Waals surface area contributed by atoms with E-state index in [1.165, 1.54) is 102 Å². The zero-order valence-electron chi connectivity index (χ0n) is 19.7. The molecular weight excluding hydrogens is 419 g/mol. The van der Waals surface area contributed by atoms with Crippen LogP contribution in [0.2, 0.25) is 0 Å². The molecule has 1 aromatic heterocycles. The summed E-state index contributed by atoms with van der Waals surface area (Å²) in [6.45, 7) is 2.27. The number of benzene rings is 1. The Morgan fingerprint density at radius 1 is 0.806 bits per heavy atom. The second-order valence-electron chi connectivity index (χ2n) is 8.54. The van der Waals surface area contributed by atoms with Gasteiger partial charge in [0, 0.05) is 36.0 Å². The number of nitrogens with zero attached hydrogens (tertiary/aromatic N) is 1. The number of H-pyrrole nitrogens is 1. The van der Waals surface area contributed by atoms with Gasteiger partial charge in [0.05, 0.1) is 15.9 Å². The summed E-state index contributed by atoms with van der Waals surface area (Å²) in [6.07, 6.45) is 21.1. The van der Waals surface area contributed by atoms with E-state index in [2.05, 4.69) is 16.9 Å². The van der Waals surface area contributed by atoms with E-state index in [1.807, 2.05) is 0 Å². The SMILES string of the molecule is CCCCCCCCCCCCCCCCCc1nc2cc(S(=O)(=O)O)ccc2[nH]1.[Na]. The molecule has 0 spiro atoms. The summed E-state index contributed by atoms with van der Waals surface area (Å²) in [6, 6.07) is 4.46. The Balaban J connectivity index is 0.00000480. The summed E-state index contributed by atoms with van der Waals surface area (Å²) >= 11 is 0. The van der Waals surface area contributed by atoms with Gasteiger partial charge in [0.25, 0.3) is 10.1 Å². The Hall–Kier alpha value is -0.400. The topological polar surface area (TPSA) is 83.1 Å². The number of aromatic amines is 1. The number of unbranched alkanes of at least 4 members (excludes halogenated alkanes) is 14. The monoisotopic (exact) mass is 459 g/mol. The van der Waals surface area contributed by atoms with Gasteiger partial charge < -0.3 is 4.98 Å². The van der Waals surface area contributed by atoms with Crippen LogP contribution in [0.4, 0.5) is 0 Å². The first kappa shape index (κ1) is 28.6. The quantitative estimate of drug-likeness (QED) is 0.154. The molecule has 1 radical (unpaired) electrons. The van der Waals surface area contributed by atoms with Crippen LogP contribution in [0.25, 0.3) is 11.0 Å². The Morgan fingerprint density at radius 3 is 1.77 bits per heavy atom. The summed E-state index contributed by atoms with van der Waals surface area (Å²) in [5.74, 6) is 0.882. The largest absolute Gasteiger partial charge is 0.342 e. The first-order chi connectivity index (χ1) is 14.5. The van der Waals surface area contributed by atoms with Crippen LogP contribution >= 0.6 is 0 Å². The zero-order valence-corrected chi connectivity index (χ0v) is 22.5. The van der Waals surface area contributed by atoms with Crippen LogP contribution in [0.5, 0.6) is 0 Å². The van der Waals surface area contributed by atoms with Crippen LogP contribution in [0.15, 0.2) is 23.1 Å². The molecule has 0 fully saturated rings. The van der Waals surface area contributed by atoms with Gasteiger partial charge in [0.15, 0.2) is 0 Å². The molecule has 2 rings (SSSR count).